The molecule has 0 aliphatic rings. The van der Waals surface area contributed by atoms with Crippen LogP contribution < -0.4 is 10.4 Å². The van der Waals surface area contributed by atoms with Gasteiger partial charge in [-0.15, -0.1) is 0 Å². The van der Waals surface area contributed by atoms with Gasteiger partial charge in [-0.1, -0.05) is 26.0 Å². The van der Waals surface area contributed by atoms with Gasteiger partial charge in [0.2, 0.25) is 0 Å². The quantitative estimate of drug-likeness (QED) is 0.591. The van der Waals surface area contributed by atoms with Crippen LogP contribution in [0.4, 0.5) is 0 Å². The summed E-state index contributed by atoms with van der Waals surface area (Å²) in [4.78, 5) is 4.21. The van der Waals surface area contributed by atoms with Gasteiger partial charge < -0.3 is 0 Å². The van der Waals surface area contributed by atoms with Crippen molar-refractivity contribution in [3.05, 3.63) is 28.4 Å². The van der Waals surface area contributed by atoms with Gasteiger partial charge in [-0.2, -0.15) is 0 Å². The van der Waals surface area contributed by atoms with E-state index in [1.165, 1.54) is 10.4 Å². The van der Waals surface area contributed by atoms with Crippen LogP contribution in [-0.2, 0) is 0 Å². The Balaban J connectivity index is 0.000000671. The number of nitrogens with zero attached hydrogens (tertiary/aromatic N) is 1. The minimum Gasteiger partial charge on any atom is -0.261 e. The molecule has 1 rings (SSSR count). The number of hydrogen-bond acceptors (Lipinski definition) is 1. The van der Waals surface area contributed by atoms with E-state index in [2.05, 4.69) is 17.1 Å². The van der Waals surface area contributed by atoms with Crippen LogP contribution in [0.15, 0.2) is 12.3 Å². The molecule has 0 bridgehead atoms. The minimum atomic E-state index is 1.10. The monoisotopic (exact) mass is 177 g/mol. The second kappa shape index (κ2) is 6.41. The van der Waals surface area contributed by atoms with Crippen molar-refractivity contribution < 1.29 is 0 Å². The van der Waals surface area contributed by atoms with Crippen molar-refractivity contribution in [2.45, 2.75) is 34.6 Å². The topological polar surface area (TPSA) is 12.9 Å². The molecule has 13 heavy (non-hydrogen) atoms. The van der Waals surface area contributed by atoms with E-state index in [9.17, 15) is 0 Å². The van der Waals surface area contributed by atoms with Crippen LogP contribution in [0.25, 0.3) is 12.2 Å². The van der Waals surface area contributed by atoms with Crippen LogP contribution in [0.3, 0.4) is 0 Å². The highest BCUT2D eigenvalue weighted by Crippen LogP contribution is 1.76. The molecule has 0 N–H and O–H groups in total. The van der Waals surface area contributed by atoms with E-state index in [0.29, 0.717) is 0 Å². The molecule has 0 spiro atoms. The normalized spacial score (nSPS) is 12.4. The van der Waals surface area contributed by atoms with Crippen molar-refractivity contribution >= 4 is 12.2 Å². The summed E-state index contributed by atoms with van der Waals surface area (Å²) in [6, 6.07) is 2.03. The maximum absolute atomic E-state index is 4.21. The average molecular weight is 177 g/mol. The van der Waals surface area contributed by atoms with Crippen LogP contribution in [0.5, 0.6) is 0 Å². The molecule has 0 radical (unpaired) electrons. The lowest BCUT2D eigenvalue weighted by atomic mass is 10.2. The van der Waals surface area contributed by atoms with E-state index in [0.717, 1.165) is 5.69 Å². The highest BCUT2D eigenvalue weighted by atomic mass is 14.6. The number of aryl methyl sites for hydroxylation is 1. The zero-order valence-corrected chi connectivity index (χ0v) is 9.26. The van der Waals surface area contributed by atoms with Gasteiger partial charge in [-0.25, -0.2) is 0 Å². The number of rotatable bonds is 0. The summed E-state index contributed by atoms with van der Waals surface area (Å²) >= 11 is 0. The van der Waals surface area contributed by atoms with E-state index in [4.69, 9.17) is 0 Å². The van der Waals surface area contributed by atoms with Gasteiger partial charge in [-0.3, -0.25) is 4.98 Å². The van der Waals surface area contributed by atoms with Gasteiger partial charge >= 0.3 is 0 Å². The van der Waals surface area contributed by atoms with Gasteiger partial charge in [0.1, 0.15) is 0 Å². The van der Waals surface area contributed by atoms with Crippen molar-refractivity contribution in [1.82, 2.24) is 4.98 Å². The lowest BCUT2D eigenvalue weighted by Crippen LogP contribution is -2.27. The van der Waals surface area contributed by atoms with Crippen molar-refractivity contribution in [2.75, 3.05) is 0 Å². The molecule has 0 saturated carbocycles. The highest BCUT2D eigenvalue weighted by molar-refractivity contribution is 5.30. The molecule has 0 unspecified atom stereocenters. The lowest BCUT2D eigenvalue weighted by molar-refractivity contribution is 1.15. The predicted molar refractivity (Wildman–Crippen MR) is 59.9 cm³/mol. The third-order valence-electron chi connectivity index (χ3n) is 1.82. The summed E-state index contributed by atoms with van der Waals surface area (Å²) in [5.41, 5.74) is 1.10. The van der Waals surface area contributed by atoms with E-state index in [1.54, 1.807) is 0 Å². The van der Waals surface area contributed by atoms with Crippen LogP contribution in [-0.4, -0.2) is 4.98 Å². The lowest BCUT2D eigenvalue weighted by Gasteiger charge is -1.92. The average Bonchev–Trinajstić information content (AvgIpc) is 2.20. The highest BCUT2D eigenvalue weighted by Gasteiger charge is 1.87. The summed E-state index contributed by atoms with van der Waals surface area (Å²) in [5, 5.41) is 2.51. The molecule has 0 amide bonds. The zero-order chi connectivity index (χ0) is 10.3. The second-order valence-corrected chi connectivity index (χ2v) is 2.48. The van der Waals surface area contributed by atoms with E-state index in [1.807, 2.05) is 46.9 Å². The van der Waals surface area contributed by atoms with Crippen LogP contribution in [0, 0.1) is 6.92 Å². The Morgan fingerprint density at radius 1 is 1.15 bits per heavy atom. The summed E-state index contributed by atoms with van der Waals surface area (Å²) < 4.78 is 0. The fraction of sp³-hybridized carbons (Fsp3) is 0.417. The third-order valence-corrected chi connectivity index (χ3v) is 1.82. The Hall–Kier alpha value is -1.11. The summed E-state index contributed by atoms with van der Waals surface area (Å²) in [6.45, 7) is 10.1. The van der Waals surface area contributed by atoms with Crippen molar-refractivity contribution in [2.24, 2.45) is 0 Å². The summed E-state index contributed by atoms with van der Waals surface area (Å²) in [5.74, 6) is 0. The second-order valence-electron chi connectivity index (χ2n) is 2.48. The Morgan fingerprint density at radius 2 is 1.77 bits per heavy atom. The summed E-state index contributed by atoms with van der Waals surface area (Å²) in [6.07, 6.45) is 6.04. The predicted octanol–water partition coefficient (Wildman–Crippen LogP) is 2.02. The third kappa shape index (κ3) is 3.02. The van der Waals surface area contributed by atoms with Gasteiger partial charge in [0.15, 0.2) is 0 Å². The standard InChI is InChI=1S/C10H13N.C2H6/c1-4-9-6-7-11-8(3)10(9)5-2;1-2/h4-7H,1-3H3;1-2H3/b9-4-,10-5-;. The minimum absolute atomic E-state index is 1.10. The van der Waals surface area contributed by atoms with Crippen LogP contribution >= 0.6 is 0 Å². The Bertz CT molecular complexity index is 350. The van der Waals surface area contributed by atoms with Crippen LogP contribution in [0.1, 0.15) is 33.4 Å². The molecule has 0 aromatic carbocycles. The maximum Gasteiger partial charge on any atom is 0.0447 e. The van der Waals surface area contributed by atoms with Gasteiger partial charge in [0, 0.05) is 11.9 Å². The molecule has 0 aliphatic heterocycles. The molecule has 1 heteroatoms. The Kier molecular flexibility index (Phi) is 5.86. The number of hydrogen-bond donors (Lipinski definition) is 0. The molecular weight excluding hydrogens is 158 g/mol. The molecular formula is C12H19N. The molecule has 1 aromatic rings. The summed E-state index contributed by atoms with van der Waals surface area (Å²) in [7, 11) is 0. The Labute approximate surface area is 80.8 Å². The number of pyridine rings is 1. The first-order valence-electron chi connectivity index (χ1n) is 4.84. The van der Waals surface area contributed by atoms with Crippen molar-refractivity contribution in [3.8, 4) is 0 Å². The fourth-order valence-electron chi connectivity index (χ4n) is 1.22. The van der Waals surface area contributed by atoms with Gasteiger partial charge in [0.05, 0.1) is 0 Å². The van der Waals surface area contributed by atoms with Crippen molar-refractivity contribution in [3.63, 3.8) is 0 Å². The first-order chi connectivity index (χ1) is 6.29. The maximum atomic E-state index is 4.21. The first-order valence-corrected chi connectivity index (χ1v) is 4.84. The molecule has 0 saturated heterocycles. The SMILES string of the molecule is C/C=c1/ccnc(C)/c1=C/C.CC. The van der Waals surface area contributed by atoms with Gasteiger partial charge in [0.25, 0.3) is 0 Å². The molecule has 1 nitrogen and oxygen atoms in total. The Morgan fingerprint density at radius 3 is 2.15 bits per heavy atom. The van der Waals surface area contributed by atoms with Crippen molar-refractivity contribution in [1.29, 1.82) is 0 Å². The van der Waals surface area contributed by atoms with Gasteiger partial charge in [-0.05, 0) is 37.3 Å². The molecule has 1 heterocycles. The number of aromatic nitrogens is 1. The zero-order valence-electron chi connectivity index (χ0n) is 9.26. The van der Waals surface area contributed by atoms with E-state index >= 15 is 0 Å². The first kappa shape index (κ1) is 11.9. The smallest absolute Gasteiger partial charge is 0.0447 e. The van der Waals surface area contributed by atoms with E-state index < -0.39 is 0 Å². The molecule has 0 fully saturated rings. The molecule has 1 aromatic heterocycles. The molecule has 0 aliphatic carbocycles. The molecule has 72 valence electrons. The van der Waals surface area contributed by atoms with Crippen LogP contribution in [0.2, 0.25) is 0 Å². The van der Waals surface area contributed by atoms with E-state index in [-0.39, 0.29) is 0 Å². The molecule has 0 atom stereocenters. The fourth-order valence-corrected chi connectivity index (χ4v) is 1.22. The largest absolute Gasteiger partial charge is 0.261 e.